The highest BCUT2D eigenvalue weighted by Crippen LogP contribution is 2.16. The SMILES string of the molecule is CCN(CC)C(=O)COc1ccc(C(=O)O)c(F)c1. The van der Waals surface area contributed by atoms with Gasteiger partial charge in [0.2, 0.25) is 0 Å². The van der Waals surface area contributed by atoms with Crippen molar-refractivity contribution in [2.24, 2.45) is 0 Å². The molecule has 0 bridgehead atoms. The van der Waals surface area contributed by atoms with Crippen molar-refractivity contribution >= 4 is 11.9 Å². The van der Waals surface area contributed by atoms with E-state index in [0.717, 1.165) is 12.1 Å². The lowest BCUT2D eigenvalue weighted by Crippen LogP contribution is -2.34. The highest BCUT2D eigenvalue weighted by Gasteiger charge is 2.13. The minimum absolute atomic E-state index is 0.128. The van der Waals surface area contributed by atoms with Crippen molar-refractivity contribution in [2.45, 2.75) is 13.8 Å². The third-order valence-electron chi connectivity index (χ3n) is 2.65. The average Bonchev–Trinajstić information content (AvgIpc) is 2.37. The molecular formula is C13H16FNO4. The first-order valence-corrected chi connectivity index (χ1v) is 5.93. The van der Waals surface area contributed by atoms with Gasteiger partial charge in [0.1, 0.15) is 11.6 Å². The number of rotatable bonds is 6. The molecule has 104 valence electrons. The van der Waals surface area contributed by atoms with E-state index in [1.165, 1.54) is 6.07 Å². The Labute approximate surface area is 110 Å². The Kier molecular flexibility index (Phi) is 5.29. The number of aromatic carboxylic acids is 1. The monoisotopic (exact) mass is 269 g/mol. The summed E-state index contributed by atoms with van der Waals surface area (Å²) in [6, 6.07) is 3.38. The minimum Gasteiger partial charge on any atom is -0.484 e. The van der Waals surface area contributed by atoms with Crippen molar-refractivity contribution in [2.75, 3.05) is 19.7 Å². The molecule has 6 heteroatoms. The molecule has 0 aliphatic heterocycles. The maximum absolute atomic E-state index is 13.4. The lowest BCUT2D eigenvalue weighted by molar-refractivity contribution is -0.132. The number of hydrogen-bond donors (Lipinski definition) is 1. The quantitative estimate of drug-likeness (QED) is 0.854. The first-order valence-electron chi connectivity index (χ1n) is 5.93. The summed E-state index contributed by atoms with van der Waals surface area (Å²) in [6.45, 7) is 4.65. The number of hydrogen-bond acceptors (Lipinski definition) is 3. The average molecular weight is 269 g/mol. The largest absolute Gasteiger partial charge is 0.484 e. The Morgan fingerprint density at radius 3 is 2.42 bits per heavy atom. The molecule has 1 aromatic carbocycles. The second-order valence-electron chi connectivity index (χ2n) is 3.80. The fraction of sp³-hybridized carbons (Fsp3) is 0.385. The molecule has 1 amide bonds. The molecule has 0 aliphatic rings. The van der Waals surface area contributed by atoms with Crippen molar-refractivity contribution in [3.8, 4) is 5.75 Å². The van der Waals surface area contributed by atoms with Crippen LogP contribution < -0.4 is 4.74 Å². The van der Waals surface area contributed by atoms with Gasteiger partial charge in [0.15, 0.2) is 6.61 Å². The van der Waals surface area contributed by atoms with Gasteiger partial charge < -0.3 is 14.7 Å². The molecule has 19 heavy (non-hydrogen) atoms. The zero-order valence-electron chi connectivity index (χ0n) is 10.9. The summed E-state index contributed by atoms with van der Waals surface area (Å²) in [5.41, 5.74) is -0.428. The number of halogens is 1. The Morgan fingerprint density at radius 2 is 1.95 bits per heavy atom. The first-order chi connectivity index (χ1) is 8.99. The van der Waals surface area contributed by atoms with Crippen LogP contribution in [0.5, 0.6) is 5.75 Å². The number of benzene rings is 1. The zero-order valence-corrected chi connectivity index (χ0v) is 10.9. The summed E-state index contributed by atoms with van der Waals surface area (Å²) in [5, 5.41) is 8.67. The summed E-state index contributed by atoms with van der Waals surface area (Å²) in [6.07, 6.45) is 0. The van der Waals surface area contributed by atoms with Gasteiger partial charge in [-0.3, -0.25) is 4.79 Å². The van der Waals surface area contributed by atoms with Gasteiger partial charge in [0.05, 0.1) is 5.56 Å². The third kappa shape index (κ3) is 3.94. The fourth-order valence-corrected chi connectivity index (χ4v) is 1.57. The second-order valence-corrected chi connectivity index (χ2v) is 3.80. The van der Waals surface area contributed by atoms with Crippen LogP contribution in [0.4, 0.5) is 4.39 Å². The van der Waals surface area contributed by atoms with Gasteiger partial charge in [-0.05, 0) is 26.0 Å². The number of carboxylic acid groups (broad SMARTS) is 1. The third-order valence-corrected chi connectivity index (χ3v) is 2.65. The maximum Gasteiger partial charge on any atom is 0.338 e. The Bertz CT molecular complexity index is 472. The van der Waals surface area contributed by atoms with E-state index in [0.29, 0.717) is 13.1 Å². The van der Waals surface area contributed by atoms with Crippen LogP contribution in [0.3, 0.4) is 0 Å². The first kappa shape index (κ1) is 14.9. The highest BCUT2D eigenvalue weighted by atomic mass is 19.1. The molecule has 5 nitrogen and oxygen atoms in total. The molecule has 1 rings (SSSR count). The number of carbonyl (C=O) groups is 2. The van der Waals surface area contributed by atoms with Crippen molar-refractivity contribution in [1.29, 1.82) is 0 Å². The fourth-order valence-electron chi connectivity index (χ4n) is 1.57. The summed E-state index contributed by atoms with van der Waals surface area (Å²) in [5.74, 6) is -2.31. The van der Waals surface area contributed by atoms with Gasteiger partial charge in [-0.1, -0.05) is 0 Å². The van der Waals surface area contributed by atoms with E-state index in [9.17, 15) is 14.0 Å². The lowest BCUT2D eigenvalue weighted by Gasteiger charge is -2.18. The molecule has 0 heterocycles. The van der Waals surface area contributed by atoms with Crippen LogP contribution in [0.2, 0.25) is 0 Å². The number of carboxylic acids is 1. The van der Waals surface area contributed by atoms with E-state index >= 15 is 0 Å². The van der Waals surface area contributed by atoms with Gasteiger partial charge in [-0.2, -0.15) is 0 Å². The van der Waals surface area contributed by atoms with E-state index in [4.69, 9.17) is 9.84 Å². The van der Waals surface area contributed by atoms with Crippen LogP contribution >= 0.6 is 0 Å². The van der Waals surface area contributed by atoms with E-state index < -0.39 is 17.3 Å². The smallest absolute Gasteiger partial charge is 0.338 e. The molecule has 0 saturated heterocycles. The normalized spacial score (nSPS) is 10.1. The predicted molar refractivity (Wildman–Crippen MR) is 66.8 cm³/mol. The van der Waals surface area contributed by atoms with Gasteiger partial charge in [-0.15, -0.1) is 0 Å². The van der Waals surface area contributed by atoms with Gasteiger partial charge in [0.25, 0.3) is 5.91 Å². The van der Waals surface area contributed by atoms with Crippen molar-refractivity contribution in [3.63, 3.8) is 0 Å². The van der Waals surface area contributed by atoms with Crippen LogP contribution in [0.25, 0.3) is 0 Å². The van der Waals surface area contributed by atoms with Crippen molar-refractivity contribution < 1.29 is 23.8 Å². The van der Waals surface area contributed by atoms with Crippen LogP contribution in [-0.4, -0.2) is 41.6 Å². The van der Waals surface area contributed by atoms with Crippen LogP contribution in [-0.2, 0) is 4.79 Å². The van der Waals surface area contributed by atoms with Crippen LogP contribution in [0.1, 0.15) is 24.2 Å². The molecular weight excluding hydrogens is 253 g/mol. The van der Waals surface area contributed by atoms with Crippen LogP contribution in [0.15, 0.2) is 18.2 Å². The Morgan fingerprint density at radius 1 is 1.32 bits per heavy atom. The maximum atomic E-state index is 13.4. The molecule has 0 unspecified atom stereocenters. The molecule has 0 atom stereocenters. The van der Waals surface area contributed by atoms with E-state index in [1.807, 2.05) is 13.8 Å². The van der Waals surface area contributed by atoms with Crippen LogP contribution in [0, 0.1) is 5.82 Å². The van der Waals surface area contributed by atoms with E-state index in [2.05, 4.69) is 0 Å². The van der Waals surface area contributed by atoms with Gasteiger partial charge in [0, 0.05) is 19.2 Å². The van der Waals surface area contributed by atoms with Gasteiger partial charge in [-0.25, -0.2) is 9.18 Å². The van der Waals surface area contributed by atoms with Crippen molar-refractivity contribution in [1.82, 2.24) is 4.90 Å². The number of carbonyl (C=O) groups excluding carboxylic acids is 1. The zero-order chi connectivity index (χ0) is 14.4. The van der Waals surface area contributed by atoms with E-state index in [1.54, 1.807) is 4.90 Å². The highest BCUT2D eigenvalue weighted by molar-refractivity contribution is 5.88. The molecule has 0 aromatic heterocycles. The number of nitrogens with zero attached hydrogens (tertiary/aromatic N) is 1. The molecule has 0 fully saturated rings. The molecule has 1 aromatic rings. The number of likely N-dealkylation sites (N-methyl/N-ethyl adjacent to an activating group) is 1. The molecule has 0 radical (unpaired) electrons. The molecule has 1 N–H and O–H groups in total. The standard InChI is InChI=1S/C13H16FNO4/c1-3-15(4-2)12(16)8-19-9-5-6-10(13(17)18)11(14)7-9/h5-7H,3-4,8H2,1-2H3,(H,17,18). The Hall–Kier alpha value is -2.11. The minimum atomic E-state index is -1.34. The summed E-state index contributed by atoms with van der Waals surface area (Å²) < 4.78 is 18.5. The Balaban J connectivity index is 2.66. The molecule has 0 spiro atoms. The lowest BCUT2D eigenvalue weighted by atomic mass is 10.2. The molecule has 0 saturated carbocycles. The number of amides is 1. The molecule has 0 aliphatic carbocycles. The van der Waals surface area contributed by atoms with E-state index in [-0.39, 0.29) is 18.3 Å². The number of ether oxygens (including phenoxy) is 1. The predicted octanol–water partition coefficient (Wildman–Crippen LogP) is 1.77. The summed E-state index contributed by atoms with van der Waals surface area (Å²) in [4.78, 5) is 23.9. The topological polar surface area (TPSA) is 66.8 Å². The van der Waals surface area contributed by atoms with Crippen molar-refractivity contribution in [3.05, 3.63) is 29.6 Å². The van der Waals surface area contributed by atoms with Gasteiger partial charge >= 0.3 is 5.97 Å². The second kappa shape index (κ2) is 6.72. The summed E-state index contributed by atoms with van der Waals surface area (Å²) in [7, 11) is 0. The summed E-state index contributed by atoms with van der Waals surface area (Å²) >= 11 is 0.